The lowest BCUT2D eigenvalue weighted by atomic mass is 9.93. The maximum atomic E-state index is 12.3. The van der Waals surface area contributed by atoms with E-state index in [9.17, 15) is 19.5 Å². The summed E-state index contributed by atoms with van der Waals surface area (Å²) >= 11 is 1.73. The van der Waals surface area contributed by atoms with Gasteiger partial charge in [-0.3, -0.25) is 14.2 Å². The predicted molar refractivity (Wildman–Crippen MR) is 145 cm³/mol. The summed E-state index contributed by atoms with van der Waals surface area (Å²) in [6.45, 7) is 3.65. The van der Waals surface area contributed by atoms with Crippen LogP contribution >= 0.6 is 11.8 Å². The van der Waals surface area contributed by atoms with E-state index in [1.54, 1.807) is 29.4 Å². The molecular weight excluding hydrogens is 488 g/mol. The molecule has 0 atom stereocenters. The Morgan fingerprint density at radius 1 is 0.946 bits per heavy atom. The molecule has 0 bridgehead atoms. The highest BCUT2D eigenvalue weighted by Crippen LogP contribution is 2.48. The minimum absolute atomic E-state index is 0.0154. The summed E-state index contributed by atoms with van der Waals surface area (Å²) in [7, 11) is 3.26. The van der Waals surface area contributed by atoms with Crippen molar-refractivity contribution in [1.82, 2.24) is 14.0 Å². The normalized spacial score (nSPS) is 15.9. The number of piperidine rings is 1. The van der Waals surface area contributed by atoms with Gasteiger partial charge in [0.1, 0.15) is 0 Å². The van der Waals surface area contributed by atoms with E-state index in [0.717, 1.165) is 77.5 Å². The predicted octanol–water partition coefficient (Wildman–Crippen LogP) is 3.58. The second-order valence-corrected chi connectivity index (χ2v) is 11.0. The number of likely N-dealkylation sites (tertiary alicyclic amines) is 1. The Morgan fingerprint density at radius 3 is 2.43 bits per heavy atom. The molecule has 0 radical (unpaired) electrons. The van der Waals surface area contributed by atoms with Gasteiger partial charge in [-0.05, 0) is 68.7 Å². The fourth-order valence-corrected chi connectivity index (χ4v) is 6.52. The average Bonchev–Trinajstić information content (AvgIpc) is 2.89. The molecule has 0 saturated carbocycles. The Bertz CT molecular complexity index is 1440. The number of anilines is 2. The third kappa shape index (κ3) is 5.24. The van der Waals surface area contributed by atoms with Gasteiger partial charge in [0.2, 0.25) is 0 Å². The van der Waals surface area contributed by atoms with E-state index in [4.69, 9.17) is 0 Å². The van der Waals surface area contributed by atoms with Crippen LogP contribution in [0.1, 0.15) is 36.4 Å². The van der Waals surface area contributed by atoms with E-state index in [1.807, 2.05) is 24.3 Å². The number of para-hydroxylation sites is 1. The Labute approximate surface area is 220 Å². The Balaban J connectivity index is 1.25. The van der Waals surface area contributed by atoms with Crippen LogP contribution in [0.5, 0.6) is 0 Å². The van der Waals surface area contributed by atoms with Crippen LogP contribution in [0, 0.1) is 0 Å². The van der Waals surface area contributed by atoms with E-state index in [2.05, 4.69) is 28.0 Å². The lowest BCUT2D eigenvalue weighted by Crippen LogP contribution is -2.41. The molecule has 0 aliphatic carbocycles. The monoisotopic (exact) mass is 520 g/mol. The number of benzene rings is 2. The second kappa shape index (κ2) is 10.6. The number of carboxylic acids is 1. The van der Waals surface area contributed by atoms with Gasteiger partial charge in [0.05, 0.1) is 17.8 Å². The van der Waals surface area contributed by atoms with Crippen molar-refractivity contribution in [1.29, 1.82) is 0 Å². The maximum Gasteiger partial charge on any atom is 0.330 e. The minimum atomic E-state index is -0.824. The molecule has 1 saturated heterocycles. The van der Waals surface area contributed by atoms with E-state index in [1.165, 1.54) is 11.9 Å². The molecule has 2 aromatic carbocycles. The summed E-state index contributed by atoms with van der Waals surface area (Å²) in [4.78, 5) is 42.9. The van der Waals surface area contributed by atoms with Gasteiger partial charge in [-0.1, -0.05) is 30.0 Å². The standard InChI is InChI=1S/C28H32N4O4S/c1-29-22(18-26(33)30(2)28(29)36)20-10-14-31(15-11-20)12-5-13-32-21-6-3-4-7-24(21)37-25-9-8-19(16-23(25)32)17-27(34)35/h3-4,6-9,16,18,20H,5,10-15,17H2,1-2H3,(H,34,35). The minimum Gasteiger partial charge on any atom is -0.481 e. The number of hydrogen-bond acceptors (Lipinski definition) is 6. The molecule has 8 nitrogen and oxygen atoms in total. The second-order valence-electron chi connectivity index (χ2n) is 9.87. The van der Waals surface area contributed by atoms with E-state index in [-0.39, 0.29) is 23.6 Å². The van der Waals surface area contributed by atoms with Gasteiger partial charge >= 0.3 is 11.7 Å². The van der Waals surface area contributed by atoms with Crippen molar-refractivity contribution in [2.45, 2.75) is 41.4 Å². The molecule has 1 aromatic heterocycles. The van der Waals surface area contributed by atoms with Crippen LogP contribution in [0.2, 0.25) is 0 Å². The van der Waals surface area contributed by atoms with Crippen molar-refractivity contribution in [3.8, 4) is 0 Å². The molecule has 3 heterocycles. The molecule has 0 spiro atoms. The van der Waals surface area contributed by atoms with Crippen LogP contribution in [0.25, 0.3) is 0 Å². The molecule has 194 valence electrons. The van der Waals surface area contributed by atoms with Gasteiger partial charge in [0.25, 0.3) is 5.56 Å². The average molecular weight is 521 g/mol. The lowest BCUT2D eigenvalue weighted by molar-refractivity contribution is -0.136. The fourth-order valence-electron chi connectivity index (χ4n) is 5.45. The molecule has 37 heavy (non-hydrogen) atoms. The number of rotatable bonds is 7. The number of carbonyl (C=O) groups is 1. The Morgan fingerprint density at radius 2 is 1.68 bits per heavy atom. The number of hydrogen-bond donors (Lipinski definition) is 1. The first kappa shape index (κ1) is 25.4. The molecule has 0 amide bonds. The highest BCUT2D eigenvalue weighted by atomic mass is 32.2. The van der Waals surface area contributed by atoms with Crippen molar-refractivity contribution in [2.75, 3.05) is 31.1 Å². The highest BCUT2D eigenvalue weighted by molar-refractivity contribution is 7.99. The number of carboxylic acid groups (broad SMARTS) is 1. The molecule has 2 aliphatic heterocycles. The van der Waals surface area contributed by atoms with Crippen LogP contribution in [0.15, 0.2) is 67.9 Å². The molecule has 1 N–H and O–H groups in total. The zero-order valence-electron chi connectivity index (χ0n) is 21.2. The van der Waals surface area contributed by atoms with Crippen LogP contribution in [-0.4, -0.2) is 51.3 Å². The molecule has 2 aliphatic rings. The third-order valence-electron chi connectivity index (χ3n) is 7.47. The zero-order valence-corrected chi connectivity index (χ0v) is 22.0. The summed E-state index contributed by atoms with van der Waals surface area (Å²) in [6.07, 6.45) is 2.83. The van der Waals surface area contributed by atoms with Crippen LogP contribution < -0.4 is 16.1 Å². The number of aromatic nitrogens is 2. The van der Waals surface area contributed by atoms with Crippen molar-refractivity contribution in [3.05, 3.63) is 80.6 Å². The van der Waals surface area contributed by atoms with Gasteiger partial charge in [0.15, 0.2) is 0 Å². The quantitative estimate of drug-likeness (QED) is 0.510. The maximum absolute atomic E-state index is 12.3. The van der Waals surface area contributed by atoms with Crippen molar-refractivity contribution in [2.24, 2.45) is 14.1 Å². The summed E-state index contributed by atoms with van der Waals surface area (Å²) in [6, 6.07) is 16.0. The summed E-state index contributed by atoms with van der Waals surface area (Å²) in [5.41, 5.74) is 3.38. The molecule has 1 fully saturated rings. The van der Waals surface area contributed by atoms with E-state index < -0.39 is 5.97 Å². The van der Waals surface area contributed by atoms with Crippen molar-refractivity contribution >= 4 is 29.1 Å². The first-order valence-corrected chi connectivity index (χ1v) is 13.5. The number of aliphatic carboxylic acids is 1. The smallest absolute Gasteiger partial charge is 0.330 e. The van der Waals surface area contributed by atoms with Gasteiger partial charge in [0, 0.05) is 48.1 Å². The van der Waals surface area contributed by atoms with Crippen molar-refractivity contribution in [3.63, 3.8) is 0 Å². The molecule has 3 aromatic rings. The summed E-state index contributed by atoms with van der Waals surface area (Å²) < 4.78 is 2.77. The van der Waals surface area contributed by atoms with E-state index >= 15 is 0 Å². The van der Waals surface area contributed by atoms with Crippen LogP contribution in [0.3, 0.4) is 0 Å². The molecule has 9 heteroatoms. The lowest BCUT2D eigenvalue weighted by Gasteiger charge is -2.35. The number of fused-ring (bicyclic) bond motifs is 2. The Kier molecular flexibility index (Phi) is 7.26. The topological polar surface area (TPSA) is 87.8 Å². The van der Waals surface area contributed by atoms with Crippen LogP contribution in [0.4, 0.5) is 11.4 Å². The highest BCUT2D eigenvalue weighted by Gasteiger charge is 2.26. The Hall–Kier alpha value is -3.30. The molecule has 0 unspecified atom stereocenters. The molecule has 5 rings (SSSR count). The van der Waals surface area contributed by atoms with Crippen LogP contribution in [-0.2, 0) is 25.3 Å². The summed E-state index contributed by atoms with van der Waals surface area (Å²) in [5, 5.41) is 9.27. The van der Waals surface area contributed by atoms with Gasteiger partial charge in [-0.2, -0.15) is 0 Å². The third-order valence-corrected chi connectivity index (χ3v) is 8.60. The first-order chi connectivity index (χ1) is 17.8. The van der Waals surface area contributed by atoms with Gasteiger partial charge < -0.3 is 19.5 Å². The first-order valence-electron chi connectivity index (χ1n) is 12.7. The van der Waals surface area contributed by atoms with Gasteiger partial charge in [-0.25, -0.2) is 4.79 Å². The van der Waals surface area contributed by atoms with Gasteiger partial charge in [-0.15, -0.1) is 0 Å². The number of nitrogens with zero attached hydrogens (tertiary/aromatic N) is 4. The van der Waals surface area contributed by atoms with Crippen molar-refractivity contribution < 1.29 is 9.90 Å². The fraction of sp³-hybridized carbons (Fsp3) is 0.393. The summed E-state index contributed by atoms with van der Waals surface area (Å²) in [5.74, 6) is -0.608. The van der Waals surface area contributed by atoms with E-state index in [0.29, 0.717) is 0 Å². The SMILES string of the molecule is Cn1c(C2CCN(CCCN3c4ccccc4Sc4ccc(CC(=O)O)cc43)CC2)cc(=O)n(C)c1=O. The largest absolute Gasteiger partial charge is 0.481 e. The zero-order chi connectivity index (χ0) is 26.1. The molecular formula is C28H32N4O4S.